The van der Waals surface area contributed by atoms with Gasteiger partial charge in [-0.05, 0) is 18.2 Å². The Morgan fingerprint density at radius 2 is 2.07 bits per heavy atom. The number of fused-ring (bicyclic) bond motifs is 1. The van der Waals surface area contributed by atoms with Crippen LogP contribution in [0, 0.1) is 11.3 Å². The summed E-state index contributed by atoms with van der Waals surface area (Å²) >= 11 is 0. The van der Waals surface area contributed by atoms with Gasteiger partial charge in [-0.15, -0.1) is 0 Å². The predicted octanol–water partition coefficient (Wildman–Crippen LogP) is 0.333. The molecule has 0 atom stereocenters. The number of sulfonamides is 1. The third-order valence-electron chi connectivity index (χ3n) is 2.26. The maximum absolute atomic E-state index is 11.6. The highest BCUT2D eigenvalue weighted by atomic mass is 32.2. The van der Waals surface area contributed by atoms with E-state index in [1.807, 2.05) is 6.07 Å². The largest absolute Gasteiger partial charge is 0.268 e. The summed E-state index contributed by atoms with van der Waals surface area (Å²) in [5, 5.41) is 8.63. The molecule has 1 aliphatic rings. The molecule has 1 aliphatic heterocycles. The van der Waals surface area contributed by atoms with Crippen LogP contribution in [0.15, 0.2) is 23.1 Å². The Balaban J connectivity index is 2.79. The molecule has 0 radical (unpaired) electrons. The van der Waals surface area contributed by atoms with Crippen molar-refractivity contribution in [1.82, 2.24) is 4.31 Å². The first-order valence-corrected chi connectivity index (χ1v) is 5.50. The number of nitriles is 1. The molecule has 0 aromatic heterocycles. The topological polar surface area (TPSA) is 78.2 Å². The number of hydrogen-bond acceptors (Lipinski definition) is 4. The zero-order valence-electron chi connectivity index (χ0n) is 7.76. The minimum absolute atomic E-state index is 0.0333. The maximum atomic E-state index is 11.6. The average molecular weight is 222 g/mol. The van der Waals surface area contributed by atoms with Crippen LogP contribution in [0.2, 0.25) is 0 Å². The zero-order valence-corrected chi connectivity index (χ0v) is 8.58. The number of nitrogens with zero attached hydrogens (tertiary/aromatic N) is 2. The van der Waals surface area contributed by atoms with Gasteiger partial charge in [-0.3, -0.25) is 4.79 Å². The molecule has 6 heteroatoms. The molecule has 0 aliphatic carbocycles. The Bertz CT molecular complexity index is 598. The van der Waals surface area contributed by atoms with Gasteiger partial charge in [0.2, 0.25) is 0 Å². The Hall–Kier alpha value is -1.87. The van der Waals surface area contributed by atoms with E-state index in [4.69, 9.17) is 5.26 Å². The highest BCUT2D eigenvalue weighted by molar-refractivity contribution is 7.90. The summed E-state index contributed by atoms with van der Waals surface area (Å²) < 4.78 is 23.9. The van der Waals surface area contributed by atoms with Crippen LogP contribution in [-0.4, -0.2) is 25.7 Å². The van der Waals surface area contributed by atoms with Crippen LogP contribution in [0.4, 0.5) is 0 Å². The van der Waals surface area contributed by atoms with Crippen molar-refractivity contribution in [2.24, 2.45) is 0 Å². The summed E-state index contributed by atoms with van der Waals surface area (Å²) in [6.45, 7) is 0. The van der Waals surface area contributed by atoms with E-state index in [2.05, 4.69) is 0 Å². The molecule has 1 aromatic carbocycles. The van der Waals surface area contributed by atoms with Gasteiger partial charge in [0.15, 0.2) is 0 Å². The lowest BCUT2D eigenvalue weighted by Gasteiger charge is -2.05. The molecule has 2 rings (SSSR count). The quantitative estimate of drug-likeness (QED) is 0.633. The molecule has 76 valence electrons. The van der Waals surface area contributed by atoms with Gasteiger partial charge in [-0.2, -0.15) is 5.26 Å². The van der Waals surface area contributed by atoms with Gasteiger partial charge >= 0.3 is 0 Å². The molecule has 5 nitrogen and oxygen atoms in total. The lowest BCUT2D eigenvalue weighted by molar-refractivity contribution is 0.0891. The summed E-state index contributed by atoms with van der Waals surface area (Å²) in [7, 11) is -2.49. The summed E-state index contributed by atoms with van der Waals surface area (Å²) in [6.07, 6.45) is 0. The molecule has 1 amide bonds. The number of benzene rings is 1. The van der Waals surface area contributed by atoms with Gasteiger partial charge in [-0.25, -0.2) is 12.7 Å². The molecule has 0 saturated heterocycles. The first-order chi connectivity index (χ1) is 6.98. The van der Waals surface area contributed by atoms with Gasteiger partial charge in [0.25, 0.3) is 15.9 Å². The number of rotatable bonds is 0. The Morgan fingerprint density at radius 1 is 1.40 bits per heavy atom. The fourth-order valence-electron chi connectivity index (χ4n) is 1.42. The molecule has 0 unspecified atom stereocenters. The van der Waals surface area contributed by atoms with Gasteiger partial charge in [0.05, 0.1) is 17.2 Å². The molecule has 1 aromatic rings. The highest BCUT2D eigenvalue weighted by Gasteiger charge is 2.38. The fourth-order valence-corrected chi connectivity index (χ4v) is 2.69. The number of hydrogen-bond donors (Lipinski definition) is 0. The zero-order chi connectivity index (χ0) is 11.2. The Labute approximate surface area is 86.6 Å². The SMILES string of the molecule is CN1C(=O)c2cc(C#N)ccc2S1(=O)=O. The van der Waals surface area contributed by atoms with E-state index in [9.17, 15) is 13.2 Å². The average Bonchev–Trinajstić information content (AvgIpc) is 2.40. The van der Waals surface area contributed by atoms with E-state index >= 15 is 0 Å². The second kappa shape index (κ2) is 2.81. The fraction of sp³-hybridized carbons (Fsp3) is 0.111. The lowest BCUT2D eigenvalue weighted by Crippen LogP contribution is -2.24. The number of carbonyl (C=O) groups excluding carboxylic acids is 1. The van der Waals surface area contributed by atoms with E-state index in [-0.39, 0.29) is 16.0 Å². The smallest absolute Gasteiger partial charge is 0.268 e. The summed E-state index contributed by atoms with van der Waals surface area (Å²) in [6, 6.07) is 5.80. The predicted molar refractivity (Wildman–Crippen MR) is 50.4 cm³/mol. The molecule has 0 spiro atoms. The molecule has 0 saturated carbocycles. The Kier molecular flexibility index (Phi) is 1.81. The van der Waals surface area contributed by atoms with Crippen molar-refractivity contribution >= 4 is 15.9 Å². The standard InChI is InChI=1S/C9H6N2O3S/c1-11-9(12)7-4-6(5-10)2-3-8(7)15(11,13)14/h2-4H,1H3. The maximum Gasteiger partial charge on any atom is 0.268 e. The van der Waals surface area contributed by atoms with Crippen LogP contribution < -0.4 is 0 Å². The molecule has 0 N–H and O–H groups in total. The van der Waals surface area contributed by atoms with Crippen molar-refractivity contribution in [3.8, 4) is 6.07 Å². The van der Waals surface area contributed by atoms with Crippen LogP contribution in [0.1, 0.15) is 15.9 Å². The van der Waals surface area contributed by atoms with Gasteiger partial charge in [0.1, 0.15) is 4.90 Å². The van der Waals surface area contributed by atoms with Gasteiger partial charge in [-0.1, -0.05) is 0 Å². The van der Waals surface area contributed by atoms with Gasteiger partial charge < -0.3 is 0 Å². The lowest BCUT2D eigenvalue weighted by atomic mass is 10.1. The molecule has 0 fully saturated rings. The molecule has 15 heavy (non-hydrogen) atoms. The van der Waals surface area contributed by atoms with Crippen LogP contribution in [-0.2, 0) is 10.0 Å². The number of amides is 1. The van der Waals surface area contributed by atoms with Crippen molar-refractivity contribution < 1.29 is 13.2 Å². The molecular weight excluding hydrogens is 216 g/mol. The minimum Gasteiger partial charge on any atom is -0.268 e. The van der Waals surface area contributed by atoms with Crippen molar-refractivity contribution in [2.75, 3.05) is 7.05 Å². The van der Waals surface area contributed by atoms with Crippen molar-refractivity contribution in [3.05, 3.63) is 29.3 Å². The van der Waals surface area contributed by atoms with Crippen molar-refractivity contribution in [3.63, 3.8) is 0 Å². The number of carbonyl (C=O) groups is 1. The minimum atomic E-state index is -3.68. The normalized spacial score (nSPS) is 17.3. The highest BCUT2D eigenvalue weighted by Crippen LogP contribution is 2.29. The van der Waals surface area contributed by atoms with E-state index in [1.54, 1.807) is 0 Å². The second-order valence-corrected chi connectivity index (χ2v) is 5.04. The second-order valence-electron chi connectivity index (χ2n) is 3.10. The van der Waals surface area contributed by atoms with Crippen LogP contribution in [0.3, 0.4) is 0 Å². The molecule has 0 bridgehead atoms. The van der Waals surface area contributed by atoms with Crippen molar-refractivity contribution in [1.29, 1.82) is 5.26 Å². The first-order valence-electron chi connectivity index (χ1n) is 4.06. The third-order valence-corrected chi connectivity index (χ3v) is 4.06. The third kappa shape index (κ3) is 1.13. The summed E-state index contributed by atoms with van der Waals surface area (Å²) in [4.78, 5) is 11.5. The van der Waals surface area contributed by atoms with E-state index in [1.165, 1.54) is 25.2 Å². The molecular formula is C9H6N2O3S. The van der Waals surface area contributed by atoms with E-state index < -0.39 is 15.9 Å². The monoisotopic (exact) mass is 222 g/mol. The van der Waals surface area contributed by atoms with Crippen LogP contribution in [0.5, 0.6) is 0 Å². The molecule has 1 heterocycles. The summed E-state index contributed by atoms with van der Waals surface area (Å²) in [5.41, 5.74) is 0.337. The van der Waals surface area contributed by atoms with Crippen LogP contribution in [0.25, 0.3) is 0 Å². The Morgan fingerprint density at radius 3 is 2.67 bits per heavy atom. The first kappa shape index (κ1) is 9.68. The van der Waals surface area contributed by atoms with Crippen molar-refractivity contribution in [2.45, 2.75) is 4.90 Å². The van der Waals surface area contributed by atoms with E-state index in [0.29, 0.717) is 4.31 Å². The van der Waals surface area contributed by atoms with Gasteiger partial charge in [0, 0.05) is 7.05 Å². The van der Waals surface area contributed by atoms with E-state index in [0.717, 1.165) is 0 Å². The van der Waals surface area contributed by atoms with Crippen LogP contribution >= 0.6 is 0 Å². The summed E-state index contributed by atoms with van der Waals surface area (Å²) in [5.74, 6) is -0.595.